The Kier molecular flexibility index (Phi) is 7.44. The number of carbonyl (C=O) groups excluding carboxylic acids is 3. The van der Waals surface area contributed by atoms with Crippen LogP contribution in [-0.2, 0) is 14.3 Å². The molecule has 142 valence electrons. The normalized spacial score (nSPS) is 15.8. The lowest BCUT2D eigenvalue weighted by atomic mass is 9.97. The first kappa shape index (κ1) is 19.8. The molecule has 1 atom stereocenters. The number of rotatable bonds is 6. The first-order valence-electron chi connectivity index (χ1n) is 9.06. The monoisotopic (exact) mass is 361 g/mol. The molecular weight excluding hydrogens is 334 g/mol. The summed E-state index contributed by atoms with van der Waals surface area (Å²) in [4.78, 5) is 37.7. The number of urea groups is 1. The van der Waals surface area contributed by atoms with Crippen LogP contribution in [0.1, 0.15) is 33.1 Å². The number of amides is 3. The van der Waals surface area contributed by atoms with Crippen LogP contribution in [0.2, 0.25) is 0 Å². The molecule has 7 heteroatoms. The van der Waals surface area contributed by atoms with Gasteiger partial charge in [0.25, 0.3) is 5.91 Å². The van der Waals surface area contributed by atoms with Gasteiger partial charge in [0, 0.05) is 24.8 Å². The Labute approximate surface area is 154 Å². The Hall–Kier alpha value is -2.57. The van der Waals surface area contributed by atoms with Crippen LogP contribution in [0, 0.1) is 5.92 Å². The van der Waals surface area contributed by atoms with E-state index >= 15 is 0 Å². The first-order valence-corrected chi connectivity index (χ1v) is 9.06. The van der Waals surface area contributed by atoms with Crippen molar-refractivity contribution in [2.75, 3.05) is 25.0 Å². The summed E-state index contributed by atoms with van der Waals surface area (Å²) in [7, 11) is 0. The third kappa shape index (κ3) is 6.06. The van der Waals surface area contributed by atoms with Gasteiger partial charge in [-0.15, -0.1) is 0 Å². The molecule has 0 aromatic heterocycles. The second-order valence-corrected chi connectivity index (χ2v) is 6.54. The fraction of sp³-hybridized carbons (Fsp3) is 0.526. The highest BCUT2D eigenvalue weighted by Crippen LogP contribution is 2.19. The summed E-state index contributed by atoms with van der Waals surface area (Å²) in [6, 6.07) is 9.14. The Bertz CT molecular complexity index is 612. The molecule has 2 N–H and O–H groups in total. The predicted molar refractivity (Wildman–Crippen MR) is 98.6 cm³/mol. The minimum atomic E-state index is -0.368. The van der Waals surface area contributed by atoms with Crippen LogP contribution in [0.3, 0.4) is 0 Å². The average Bonchev–Trinajstić information content (AvgIpc) is 2.66. The standard InChI is InChI=1S/C19H27N3O4/c1-3-14(2)20-17(23)13-26-18(24)15-9-11-22(12-10-15)19(25)21-16-7-5-4-6-8-16/h4-8,14-15H,3,9-13H2,1-2H3,(H,20,23)(H,21,25)/t14-/m0/s1. The molecule has 26 heavy (non-hydrogen) atoms. The Morgan fingerprint density at radius 1 is 1.19 bits per heavy atom. The number of piperidine rings is 1. The van der Waals surface area contributed by atoms with E-state index in [0.717, 1.165) is 12.1 Å². The zero-order chi connectivity index (χ0) is 18.9. The van der Waals surface area contributed by atoms with E-state index in [-0.39, 0.29) is 36.5 Å². The van der Waals surface area contributed by atoms with Crippen LogP contribution >= 0.6 is 0 Å². The van der Waals surface area contributed by atoms with E-state index in [1.54, 1.807) is 4.90 Å². The molecule has 7 nitrogen and oxygen atoms in total. The van der Waals surface area contributed by atoms with Crippen molar-refractivity contribution in [3.63, 3.8) is 0 Å². The molecule has 0 bridgehead atoms. The molecule has 0 radical (unpaired) electrons. The molecule has 1 saturated heterocycles. The summed E-state index contributed by atoms with van der Waals surface area (Å²) >= 11 is 0. The average molecular weight is 361 g/mol. The van der Waals surface area contributed by atoms with Gasteiger partial charge in [-0.3, -0.25) is 9.59 Å². The quantitative estimate of drug-likeness (QED) is 0.762. The van der Waals surface area contributed by atoms with Gasteiger partial charge in [0.15, 0.2) is 6.61 Å². The maximum absolute atomic E-state index is 12.2. The third-order valence-corrected chi connectivity index (χ3v) is 4.51. The number of benzene rings is 1. The second kappa shape index (κ2) is 9.79. The van der Waals surface area contributed by atoms with Crippen molar-refractivity contribution >= 4 is 23.6 Å². The van der Waals surface area contributed by atoms with Crippen molar-refractivity contribution in [1.82, 2.24) is 10.2 Å². The van der Waals surface area contributed by atoms with Crippen LogP contribution in [0.5, 0.6) is 0 Å². The fourth-order valence-corrected chi connectivity index (χ4v) is 2.72. The van der Waals surface area contributed by atoms with Crippen molar-refractivity contribution in [3.05, 3.63) is 30.3 Å². The van der Waals surface area contributed by atoms with Crippen LogP contribution in [-0.4, -0.2) is 48.5 Å². The zero-order valence-electron chi connectivity index (χ0n) is 15.4. The number of nitrogens with one attached hydrogen (secondary N) is 2. The van der Waals surface area contributed by atoms with Gasteiger partial charge in [-0.2, -0.15) is 0 Å². The Morgan fingerprint density at radius 3 is 2.46 bits per heavy atom. The molecule has 3 amide bonds. The lowest BCUT2D eigenvalue weighted by Gasteiger charge is -2.30. The SMILES string of the molecule is CC[C@H](C)NC(=O)COC(=O)C1CCN(C(=O)Nc2ccccc2)CC1. The summed E-state index contributed by atoms with van der Waals surface area (Å²) in [6.07, 6.45) is 1.89. The number of hydrogen-bond donors (Lipinski definition) is 2. The molecule has 0 saturated carbocycles. The van der Waals surface area contributed by atoms with Gasteiger partial charge >= 0.3 is 12.0 Å². The maximum atomic E-state index is 12.2. The number of hydrogen-bond acceptors (Lipinski definition) is 4. The van der Waals surface area contributed by atoms with Crippen LogP contribution in [0.4, 0.5) is 10.5 Å². The van der Waals surface area contributed by atoms with Gasteiger partial charge in [0.2, 0.25) is 0 Å². The number of carbonyl (C=O) groups is 3. The van der Waals surface area contributed by atoms with Crippen molar-refractivity contribution in [3.8, 4) is 0 Å². The van der Waals surface area contributed by atoms with Gasteiger partial charge < -0.3 is 20.3 Å². The topological polar surface area (TPSA) is 87.7 Å². The molecule has 0 spiro atoms. The highest BCUT2D eigenvalue weighted by molar-refractivity contribution is 5.89. The van der Waals surface area contributed by atoms with Crippen LogP contribution in [0.25, 0.3) is 0 Å². The van der Waals surface area contributed by atoms with E-state index < -0.39 is 0 Å². The van der Waals surface area contributed by atoms with Crippen molar-refractivity contribution < 1.29 is 19.1 Å². The van der Waals surface area contributed by atoms with Crippen molar-refractivity contribution in [1.29, 1.82) is 0 Å². The Morgan fingerprint density at radius 2 is 1.85 bits per heavy atom. The molecule has 1 aromatic carbocycles. The summed E-state index contributed by atoms with van der Waals surface area (Å²) in [5.41, 5.74) is 0.742. The van der Waals surface area contributed by atoms with E-state index in [1.807, 2.05) is 44.2 Å². The molecule has 2 rings (SSSR count). The molecule has 1 heterocycles. The third-order valence-electron chi connectivity index (χ3n) is 4.51. The van der Waals surface area contributed by atoms with E-state index in [4.69, 9.17) is 4.74 Å². The minimum Gasteiger partial charge on any atom is -0.455 e. The lowest BCUT2D eigenvalue weighted by Crippen LogP contribution is -2.43. The van der Waals surface area contributed by atoms with Crippen LogP contribution < -0.4 is 10.6 Å². The maximum Gasteiger partial charge on any atom is 0.321 e. The number of anilines is 1. The molecule has 1 fully saturated rings. The number of ether oxygens (including phenoxy) is 1. The summed E-state index contributed by atoms with van der Waals surface area (Å²) in [6.45, 7) is 4.58. The lowest BCUT2D eigenvalue weighted by molar-refractivity contribution is -0.154. The Balaban J connectivity index is 1.71. The molecule has 1 aromatic rings. The van der Waals surface area contributed by atoms with Gasteiger partial charge in [0.1, 0.15) is 0 Å². The summed E-state index contributed by atoms with van der Waals surface area (Å²) in [5, 5.41) is 5.59. The predicted octanol–water partition coefficient (Wildman–Crippen LogP) is 2.39. The molecular formula is C19H27N3O4. The van der Waals surface area contributed by atoms with E-state index in [1.165, 1.54) is 0 Å². The van der Waals surface area contributed by atoms with Gasteiger partial charge in [-0.25, -0.2) is 4.79 Å². The van der Waals surface area contributed by atoms with Crippen LogP contribution in [0.15, 0.2) is 30.3 Å². The van der Waals surface area contributed by atoms with Crippen molar-refractivity contribution in [2.24, 2.45) is 5.92 Å². The van der Waals surface area contributed by atoms with Gasteiger partial charge in [-0.05, 0) is 38.3 Å². The second-order valence-electron chi connectivity index (χ2n) is 6.54. The molecule has 0 aliphatic carbocycles. The van der Waals surface area contributed by atoms with E-state index in [0.29, 0.717) is 25.9 Å². The molecule has 1 aliphatic heterocycles. The zero-order valence-corrected chi connectivity index (χ0v) is 15.4. The molecule has 0 unspecified atom stereocenters. The highest BCUT2D eigenvalue weighted by Gasteiger charge is 2.28. The minimum absolute atomic E-state index is 0.0626. The van der Waals surface area contributed by atoms with E-state index in [9.17, 15) is 14.4 Å². The van der Waals surface area contributed by atoms with Gasteiger partial charge in [0.05, 0.1) is 5.92 Å². The van der Waals surface area contributed by atoms with Gasteiger partial charge in [-0.1, -0.05) is 25.1 Å². The largest absolute Gasteiger partial charge is 0.455 e. The number of esters is 1. The first-order chi connectivity index (χ1) is 12.5. The fourth-order valence-electron chi connectivity index (χ4n) is 2.72. The summed E-state index contributed by atoms with van der Waals surface area (Å²) in [5.74, 6) is -0.924. The van der Waals surface area contributed by atoms with E-state index in [2.05, 4.69) is 10.6 Å². The highest BCUT2D eigenvalue weighted by atomic mass is 16.5. The smallest absolute Gasteiger partial charge is 0.321 e. The summed E-state index contributed by atoms with van der Waals surface area (Å²) < 4.78 is 5.11. The molecule has 1 aliphatic rings. The number of para-hydroxylation sites is 1. The number of nitrogens with zero attached hydrogens (tertiary/aromatic N) is 1. The van der Waals surface area contributed by atoms with Crippen molar-refractivity contribution in [2.45, 2.75) is 39.2 Å². The number of likely N-dealkylation sites (tertiary alicyclic amines) is 1.